The highest BCUT2D eigenvalue weighted by molar-refractivity contribution is 6.02. The van der Waals surface area contributed by atoms with Gasteiger partial charge in [-0.05, 0) is 18.1 Å². The molecule has 1 unspecified atom stereocenters. The molecule has 1 aromatic carbocycles. The maximum atomic E-state index is 13.2. The van der Waals surface area contributed by atoms with E-state index in [1.165, 1.54) is 0 Å². The summed E-state index contributed by atoms with van der Waals surface area (Å²) in [6.07, 6.45) is 0.280. The molecule has 0 spiro atoms. The molecule has 1 atom stereocenters. The predicted octanol–water partition coefficient (Wildman–Crippen LogP) is 2.48. The van der Waals surface area contributed by atoms with E-state index in [0.717, 1.165) is 6.07 Å². The number of ketones is 1. The van der Waals surface area contributed by atoms with Crippen LogP contribution in [0.2, 0.25) is 0 Å². The lowest BCUT2D eigenvalue weighted by atomic mass is 10.1. The maximum absolute atomic E-state index is 13.2. The first kappa shape index (κ1) is 9.24. The first-order valence-electron chi connectivity index (χ1n) is 4.23. The zero-order chi connectivity index (χ0) is 10.5. The Morgan fingerprint density at radius 3 is 2.57 bits per heavy atom. The highest BCUT2D eigenvalue weighted by Crippen LogP contribution is 2.30. The standard InChI is InChI=1S/C10H7F3O/c1-4-2-5-3-6(11)8(12)9(13)7(5)10(4)14/h3-4H,2H2,1H3. The molecule has 0 fully saturated rings. The van der Waals surface area contributed by atoms with Gasteiger partial charge in [0.15, 0.2) is 23.2 Å². The Bertz CT molecular complexity index is 426. The Balaban J connectivity index is 2.71. The fourth-order valence-corrected chi connectivity index (χ4v) is 1.74. The second-order valence-electron chi connectivity index (χ2n) is 3.49. The fourth-order valence-electron chi connectivity index (χ4n) is 1.74. The average Bonchev–Trinajstić information content (AvgIpc) is 2.39. The van der Waals surface area contributed by atoms with Gasteiger partial charge in [0.1, 0.15) is 0 Å². The van der Waals surface area contributed by atoms with Gasteiger partial charge in [0.25, 0.3) is 0 Å². The predicted molar refractivity (Wildman–Crippen MR) is 43.5 cm³/mol. The molecule has 0 bridgehead atoms. The SMILES string of the molecule is CC1Cc2cc(F)c(F)c(F)c2C1=O. The van der Waals surface area contributed by atoms with Crippen LogP contribution in [0.15, 0.2) is 6.07 Å². The summed E-state index contributed by atoms with van der Waals surface area (Å²) < 4.78 is 38.7. The lowest BCUT2D eigenvalue weighted by Gasteiger charge is -2.01. The van der Waals surface area contributed by atoms with Crippen LogP contribution in [0.25, 0.3) is 0 Å². The molecule has 0 saturated heterocycles. The number of carbonyl (C=O) groups is 1. The zero-order valence-corrected chi connectivity index (χ0v) is 7.40. The van der Waals surface area contributed by atoms with E-state index >= 15 is 0 Å². The summed E-state index contributed by atoms with van der Waals surface area (Å²) in [5.41, 5.74) is -0.0182. The topological polar surface area (TPSA) is 17.1 Å². The van der Waals surface area contributed by atoms with Crippen molar-refractivity contribution >= 4 is 5.78 Å². The van der Waals surface area contributed by atoms with Crippen molar-refractivity contribution in [3.63, 3.8) is 0 Å². The number of halogens is 3. The van der Waals surface area contributed by atoms with Gasteiger partial charge in [-0.2, -0.15) is 0 Å². The Morgan fingerprint density at radius 2 is 1.93 bits per heavy atom. The van der Waals surface area contributed by atoms with Crippen molar-refractivity contribution in [3.05, 3.63) is 34.6 Å². The van der Waals surface area contributed by atoms with E-state index in [0.29, 0.717) is 0 Å². The number of fused-ring (bicyclic) bond motifs is 1. The summed E-state index contributed by atoms with van der Waals surface area (Å²) in [5.74, 6) is -4.99. The lowest BCUT2D eigenvalue weighted by Crippen LogP contribution is -2.06. The van der Waals surface area contributed by atoms with Crippen LogP contribution in [0.4, 0.5) is 13.2 Å². The number of benzene rings is 1. The first-order chi connectivity index (χ1) is 6.52. The minimum Gasteiger partial charge on any atom is -0.294 e. The summed E-state index contributed by atoms with van der Waals surface area (Å²) in [4.78, 5) is 11.4. The third kappa shape index (κ3) is 1.06. The van der Waals surface area contributed by atoms with E-state index in [1.54, 1.807) is 6.92 Å². The Labute approximate surface area is 78.5 Å². The van der Waals surface area contributed by atoms with Gasteiger partial charge in [-0.25, -0.2) is 13.2 Å². The van der Waals surface area contributed by atoms with Gasteiger partial charge < -0.3 is 0 Å². The maximum Gasteiger partial charge on any atom is 0.195 e. The number of hydrogen-bond donors (Lipinski definition) is 0. The van der Waals surface area contributed by atoms with E-state index in [1.807, 2.05) is 0 Å². The molecule has 4 heteroatoms. The average molecular weight is 200 g/mol. The zero-order valence-electron chi connectivity index (χ0n) is 7.40. The molecule has 2 rings (SSSR count). The van der Waals surface area contributed by atoms with Crippen LogP contribution in [0.1, 0.15) is 22.8 Å². The number of Topliss-reactive ketones (excluding diaryl/α,β-unsaturated/α-hetero) is 1. The molecule has 1 nitrogen and oxygen atoms in total. The smallest absolute Gasteiger partial charge is 0.195 e. The van der Waals surface area contributed by atoms with Crippen LogP contribution in [0.3, 0.4) is 0 Å². The fraction of sp³-hybridized carbons (Fsp3) is 0.300. The summed E-state index contributed by atoms with van der Waals surface area (Å²) in [7, 11) is 0. The quantitative estimate of drug-likeness (QED) is 0.588. The van der Waals surface area contributed by atoms with Gasteiger partial charge >= 0.3 is 0 Å². The van der Waals surface area contributed by atoms with Gasteiger partial charge in [-0.1, -0.05) is 6.92 Å². The molecular weight excluding hydrogens is 193 g/mol. The summed E-state index contributed by atoms with van der Waals surface area (Å²) in [6.45, 7) is 1.61. The van der Waals surface area contributed by atoms with Gasteiger partial charge in [0.05, 0.1) is 5.56 Å². The molecule has 0 heterocycles. The van der Waals surface area contributed by atoms with Crippen molar-refractivity contribution in [2.24, 2.45) is 5.92 Å². The van der Waals surface area contributed by atoms with Crippen molar-refractivity contribution < 1.29 is 18.0 Å². The molecule has 0 radical (unpaired) electrons. The largest absolute Gasteiger partial charge is 0.294 e. The van der Waals surface area contributed by atoms with Gasteiger partial charge in [-0.3, -0.25) is 4.79 Å². The normalized spacial score (nSPS) is 20.0. The van der Waals surface area contributed by atoms with Crippen molar-refractivity contribution in [3.8, 4) is 0 Å². The summed E-state index contributed by atoms with van der Waals surface area (Å²) in [6, 6.07) is 0.898. The third-order valence-electron chi connectivity index (χ3n) is 2.46. The Morgan fingerprint density at radius 1 is 1.29 bits per heavy atom. The van der Waals surface area contributed by atoms with Crippen molar-refractivity contribution in [1.82, 2.24) is 0 Å². The Kier molecular flexibility index (Phi) is 1.87. The number of carbonyl (C=O) groups excluding carboxylic acids is 1. The van der Waals surface area contributed by atoms with Crippen LogP contribution in [0.5, 0.6) is 0 Å². The summed E-state index contributed by atoms with van der Waals surface area (Å²) >= 11 is 0. The first-order valence-corrected chi connectivity index (χ1v) is 4.23. The lowest BCUT2D eigenvalue weighted by molar-refractivity contribution is 0.0942. The van der Waals surface area contributed by atoms with Crippen molar-refractivity contribution in [2.75, 3.05) is 0 Å². The molecule has 0 saturated carbocycles. The van der Waals surface area contributed by atoms with E-state index in [9.17, 15) is 18.0 Å². The van der Waals surface area contributed by atoms with Gasteiger partial charge in [0.2, 0.25) is 0 Å². The molecule has 1 aliphatic carbocycles. The van der Waals surface area contributed by atoms with Crippen LogP contribution >= 0.6 is 0 Å². The van der Waals surface area contributed by atoms with Crippen LogP contribution < -0.4 is 0 Å². The van der Waals surface area contributed by atoms with Crippen molar-refractivity contribution in [2.45, 2.75) is 13.3 Å². The summed E-state index contributed by atoms with van der Waals surface area (Å²) in [5, 5.41) is 0. The molecule has 0 amide bonds. The number of rotatable bonds is 0. The minimum absolute atomic E-state index is 0.263. The second kappa shape index (κ2) is 2.83. The molecule has 0 aromatic heterocycles. The van der Waals surface area contributed by atoms with Gasteiger partial charge in [0, 0.05) is 5.92 Å². The second-order valence-corrected chi connectivity index (χ2v) is 3.49. The minimum atomic E-state index is -1.56. The molecule has 74 valence electrons. The van der Waals surface area contributed by atoms with E-state index < -0.39 is 23.2 Å². The van der Waals surface area contributed by atoms with E-state index in [4.69, 9.17) is 0 Å². The van der Waals surface area contributed by atoms with Crippen LogP contribution in [0, 0.1) is 23.4 Å². The molecule has 14 heavy (non-hydrogen) atoms. The Hall–Kier alpha value is -1.32. The molecule has 0 N–H and O–H groups in total. The number of hydrogen-bond acceptors (Lipinski definition) is 1. The van der Waals surface area contributed by atoms with Crippen molar-refractivity contribution in [1.29, 1.82) is 0 Å². The highest BCUT2D eigenvalue weighted by Gasteiger charge is 2.33. The molecule has 1 aromatic rings. The van der Waals surface area contributed by atoms with Crippen LogP contribution in [-0.2, 0) is 6.42 Å². The van der Waals surface area contributed by atoms with Crippen LogP contribution in [-0.4, -0.2) is 5.78 Å². The van der Waals surface area contributed by atoms with E-state index in [2.05, 4.69) is 0 Å². The monoisotopic (exact) mass is 200 g/mol. The molecule has 0 aliphatic heterocycles. The molecular formula is C10H7F3O. The highest BCUT2D eigenvalue weighted by atomic mass is 19.2. The van der Waals surface area contributed by atoms with Gasteiger partial charge in [-0.15, -0.1) is 0 Å². The molecule has 1 aliphatic rings. The third-order valence-corrected chi connectivity index (χ3v) is 2.46. The van der Waals surface area contributed by atoms with E-state index in [-0.39, 0.29) is 23.5 Å².